The summed E-state index contributed by atoms with van der Waals surface area (Å²) in [5.41, 5.74) is 3.90. The Morgan fingerprint density at radius 2 is 1.69 bits per heavy atom. The van der Waals surface area contributed by atoms with Gasteiger partial charge >= 0.3 is 5.97 Å². The Kier molecular flexibility index (Phi) is 6.60. The van der Waals surface area contributed by atoms with Crippen LogP contribution in [0.1, 0.15) is 26.3 Å². The van der Waals surface area contributed by atoms with E-state index in [0.29, 0.717) is 27.5 Å². The van der Waals surface area contributed by atoms with Gasteiger partial charge in [0, 0.05) is 10.6 Å². The first-order chi connectivity index (χ1) is 14.1. The molecule has 0 spiro atoms. The average molecular weight is 409 g/mol. The molecule has 0 aromatic heterocycles. The molecule has 0 radical (unpaired) electrons. The highest BCUT2D eigenvalue weighted by molar-refractivity contribution is 6.30. The molecule has 3 rings (SSSR count). The second-order valence-corrected chi connectivity index (χ2v) is 6.31. The summed E-state index contributed by atoms with van der Waals surface area (Å²) in [5.74, 6) is -0.232. The number of hydrogen-bond acceptors (Lipinski definition) is 5. The van der Waals surface area contributed by atoms with E-state index < -0.39 is 5.97 Å². The number of ether oxygens (including phenoxy) is 2. The Morgan fingerprint density at radius 1 is 0.931 bits per heavy atom. The normalized spacial score (nSPS) is 10.6. The van der Waals surface area contributed by atoms with Gasteiger partial charge in [-0.05, 0) is 54.1 Å². The zero-order chi connectivity index (χ0) is 20.6. The van der Waals surface area contributed by atoms with E-state index in [1.807, 2.05) is 6.07 Å². The SMILES string of the molecule is COc1cc(/C=N\NC(=O)c2cccc(Cl)c2)ccc1OC(=O)c1ccccc1. The van der Waals surface area contributed by atoms with E-state index in [-0.39, 0.29) is 11.7 Å². The van der Waals surface area contributed by atoms with E-state index in [0.717, 1.165) is 0 Å². The van der Waals surface area contributed by atoms with Crippen LogP contribution in [0.2, 0.25) is 5.02 Å². The van der Waals surface area contributed by atoms with Crippen LogP contribution < -0.4 is 14.9 Å². The number of hydrogen-bond donors (Lipinski definition) is 1. The second-order valence-electron chi connectivity index (χ2n) is 5.88. The largest absolute Gasteiger partial charge is 0.493 e. The van der Waals surface area contributed by atoms with Gasteiger partial charge in [-0.1, -0.05) is 35.9 Å². The molecular weight excluding hydrogens is 392 g/mol. The average Bonchev–Trinajstić information content (AvgIpc) is 2.75. The molecule has 146 valence electrons. The van der Waals surface area contributed by atoms with Crippen LogP contribution in [0.25, 0.3) is 0 Å². The lowest BCUT2D eigenvalue weighted by atomic mass is 10.2. The number of esters is 1. The number of rotatable bonds is 6. The van der Waals surface area contributed by atoms with Gasteiger partial charge in [0.1, 0.15) is 0 Å². The monoisotopic (exact) mass is 408 g/mol. The summed E-state index contributed by atoms with van der Waals surface area (Å²) in [4.78, 5) is 24.3. The standard InChI is InChI=1S/C22H17ClN2O4/c1-28-20-12-15(14-24-25-21(26)17-8-5-9-18(23)13-17)10-11-19(20)29-22(27)16-6-3-2-4-7-16/h2-14H,1H3,(H,25,26)/b24-14-. The molecule has 7 heteroatoms. The molecule has 0 unspecified atom stereocenters. The van der Waals surface area contributed by atoms with Gasteiger partial charge in [-0.3, -0.25) is 4.79 Å². The van der Waals surface area contributed by atoms with Gasteiger partial charge in [0.25, 0.3) is 5.91 Å². The lowest BCUT2D eigenvalue weighted by molar-refractivity contribution is 0.0729. The summed E-state index contributed by atoms with van der Waals surface area (Å²) in [5, 5.41) is 4.40. The predicted molar refractivity (Wildman–Crippen MR) is 111 cm³/mol. The first-order valence-corrected chi connectivity index (χ1v) is 8.99. The molecule has 1 amide bonds. The molecule has 0 bridgehead atoms. The fourth-order valence-electron chi connectivity index (χ4n) is 2.44. The summed E-state index contributed by atoms with van der Waals surface area (Å²) >= 11 is 5.87. The van der Waals surface area contributed by atoms with Crippen molar-refractivity contribution in [2.75, 3.05) is 7.11 Å². The summed E-state index contributed by atoms with van der Waals surface area (Å²) in [7, 11) is 1.47. The molecule has 1 N–H and O–H groups in total. The van der Waals surface area contributed by atoms with Crippen LogP contribution in [0, 0.1) is 0 Å². The van der Waals surface area contributed by atoms with Gasteiger partial charge in [-0.25, -0.2) is 10.2 Å². The number of carbonyl (C=O) groups excluding carboxylic acids is 2. The van der Waals surface area contributed by atoms with Gasteiger partial charge in [-0.15, -0.1) is 0 Å². The quantitative estimate of drug-likeness (QED) is 0.285. The molecule has 0 saturated heterocycles. The Morgan fingerprint density at radius 3 is 2.41 bits per heavy atom. The van der Waals surface area contributed by atoms with Crippen molar-refractivity contribution >= 4 is 29.7 Å². The lowest BCUT2D eigenvalue weighted by Crippen LogP contribution is -2.17. The summed E-state index contributed by atoms with van der Waals surface area (Å²) < 4.78 is 10.7. The van der Waals surface area contributed by atoms with Crippen LogP contribution in [0.4, 0.5) is 0 Å². The van der Waals surface area contributed by atoms with Crippen molar-refractivity contribution < 1.29 is 19.1 Å². The number of nitrogens with zero attached hydrogens (tertiary/aromatic N) is 1. The van der Waals surface area contributed by atoms with Crippen molar-refractivity contribution in [3.8, 4) is 11.5 Å². The third-order valence-corrected chi connectivity index (χ3v) is 4.10. The van der Waals surface area contributed by atoms with Crippen LogP contribution >= 0.6 is 11.6 Å². The minimum Gasteiger partial charge on any atom is -0.493 e. The minimum absolute atomic E-state index is 0.279. The van der Waals surface area contributed by atoms with Gasteiger partial charge in [0.15, 0.2) is 11.5 Å². The maximum absolute atomic E-state index is 12.2. The van der Waals surface area contributed by atoms with Gasteiger partial charge in [0.2, 0.25) is 0 Å². The van der Waals surface area contributed by atoms with Crippen LogP contribution in [0.15, 0.2) is 77.9 Å². The van der Waals surface area contributed by atoms with E-state index in [4.69, 9.17) is 21.1 Å². The summed E-state index contributed by atoms with van der Waals surface area (Å²) in [6.07, 6.45) is 1.45. The smallest absolute Gasteiger partial charge is 0.343 e. The Bertz CT molecular complexity index is 1050. The van der Waals surface area contributed by atoms with Crippen molar-refractivity contribution in [3.05, 3.63) is 94.5 Å². The third-order valence-electron chi connectivity index (χ3n) is 3.87. The molecule has 0 saturated carbocycles. The fraction of sp³-hybridized carbons (Fsp3) is 0.0455. The fourth-order valence-corrected chi connectivity index (χ4v) is 2.63. The number of carbonyl (C=O) groups is 2. The summed E-state index contributed by atoms with van der Waals surface area (Å²) in [6.45, 7) is 0. The van der Waals surface area contributed by atoms with E-state index in [9.17, 15) is 9.59 Å². The van der Waals surface area contributed by atoms with Crippen molar-refractivity contribution in [2.24, 2.45) is 5.10 Å². The molecule has 29 heavy (non-hydrogen) atoms. The topological polar surface area (TPSA) is 77.0 Å². The van der Waals surface area contributed by atoms with Gasteiger partial charge < -0.3 is 9.47 Å². The number of benzene rings is 3. The number of methoxy groups -OCH3 is 1. The van der Waals surface area contributed by atoms with Crippen LogP contribution in [0.5, 0.6) is 11.5 Å². The maximum atomic E-state index is 12.2. The molecular formula is C22H17ClN2O4. The number of nitrogens with one attached hydrogen (secondary N) is 1. The Balaban J connectivity index is 1.67. The van der Waals surface area contributed by atoms with Crippen molar-refractivity contribution in [1.29, 1.82) is 0 Å². The lowest BCUT2D eigenvalue weighted by Gasteiger charge is -2.10. The second kappa shape index (κ2) is 9.52. The predicted octanol–water partition coefficient (Wildman–Crippen LogP) is 4.33. The first kappa shape index (κ1) is 20.1. The van der Waals surface area contributed by atoms with E-state index in [1.165, 1.54) is 13.3 Å². The Hall–Kier alpha value is -3.64. The van der Waals surface area contributed by atoms with Gasteiger partial charge in [0.05, 0.1) is 18.9 Å². The van der Waals surface area contributed by atoms with Crippen LogP contribution in [-0.4, -0.2) is 25.2 Å². The molecule has 0 atom stereocenters. The Labute approximate surface area is 172 Å². The van der Waals surface area contributed by atoms with Crippen molar-refractivity contribution in [3.63, 3.8) is 0 Å². The van der Waals surface area contributed by atoms with E-state index in [1.54, 1.807) is 66.7 Å². The molecule has 0 fully saturated rings. The highest BCUT2D eigenvalue weighted by Gasteiger charge is 2.12. The van der Waals surface area contributed by atoms with E-state index in [2.05, 4.69) is 10.5 Å². The molecule has 0 aliphatic carbocycles. The van der Waals surface area contributed by atoms with E-state index >= 15 is 0 Å². The molecule has 3 aromatic carbocycles. The van der Waals surface area contributed by atoms with Crippen LogP contribution in [-0.2, 0) is 0 Å². The number of halogens is 1. The number of amides is 1. The molecule has 0 aliphatic heterocycles. The van der Waals surface area contributed by atoms with Gasteiger partial charge in [-0.2, -0.15) is 5.10 Å². The molecule has 0 heterocycles. The third kappa shape index (κ3) is 5.43. The zero-order valence-corrected chi connectivity index (χ0v) is 16.2. The zero-order valence-electron chi connectivity index (χ0n) is 15.5. The highest BCUT2D eigenvalue weighted by atomic mass is 35.5. The first-order valence-electron chi connectivity index (χ1n) is 8.61. The van der Waals surface area contributed by atoms with Crippen molar-refractivity contribution in [1.82, 2.24) is 5.43 Å². The molecule has 3 aromatic rings. The molecule has 0 aliphatic rings. The number of hydrazone groups is 1. The van der Waals surface area contributed by atoms with Crippen molar-refractivity contribution in [2.45, 2.75) is 0 Å². The summed E-state index contributed by atoms with van der Waals surface area (Å²) in [6, 6.07) is 20.1. The maximum Gasteiger partial charge on any atom is 0.343 e. The minimum atomic E-state index is -0.487. The van der Waals surface area contributed by atoms with Crippen LogP contribution in [0.3, 0.4) is 0 Å². The molecule has 6 nitrogen and oxygen atoms in total. The highest BCUT2D eigenvalue weighted by Crippen LogP contribution is 2.28.